The Bertz CT molecular complexity index is 853. The molecule has 136 valence electrons. The molecule has 2 aromatic rings. The van der Waals surface area contributed by atoms with Crippen molar-refractivity contribution < 1.29 is 19.1 Å². The van der Waals surface area contributed by atoms with Crippen LogP contribution in [0.25, 0.3) is 0 Å². The molecule has 0 aromatic heterocycles. The van der Waals surface area contributed by atoms with E-state index in [1.807, 2.05) is 45.0 Å². The van der Waals surface area contributed by atoms with Gasteiger partial charge in [-0.15, -0.1) is 0 Å². The minimum atomic E-state index is -0.754. The summed E-state index contributed by atoms with van der Waals surface area (Å²) in [5, 5.41) is 0. The van der Waals surface area contributed by atoms with E-state index in [9.17, 15) is 9.59 Å². The molecule has 1 unspecified atom stereocenters. The molecule has 2 aromatic carbocycles. The van der Waals surface area contributed by atoms with Crippen LogP contribution >= 0.6 is 0 Å². The molecule has 4 heteroatoms. The van der Waals surface area contributed by atoms with Gasteiger partial charge in [-0.25, -0.2) is 0 Å². The van der Waals surface area contributed by atoms with E-state index in [2.05, 4.69) is 0 Å². The van der Waals surface area contributed by atoms with Gasteiger partial charge in [-0.1, -0.05) is 38.1 Å². The van der Waals surface area contributed by atoms with Gasteiger partial charge in [0.2, 0.25) is 0 Å². The van der Waals surface area contributed by atoms with E-state index in [1.165, 1.54) is 0 Å². The Hall–Kier alpha value is -2.62. The summed E-state index contributed by atoms with van der Waals surface area (Å²) < 4.78 is 11.2. The molecule has 0 aliphatic carbocycles. The van der Waals surface area contributed by atoms with Gasteiger partial charge in [-0.2, -0.15) is 0 Å². The predicted molar refractivity (Wildman–Crippen MR) is 100 cm³/mol. The van der Waals surface area contributed by atoms with Crippen molar-refractivity contribution in [3.63, 3.8) is 0 Å². The summed E-state index contributed by atoms with van der Waals surface area (Å²) in [6.07, 6.45) is 0.393. The molecular weight excluding hydrogens is 328 g/mol. The molecule has 0 bridgehead atoms. The van der Waals surface area contributed by atoms with Gasteiger partial charge in [-0.05, 0) is 37.6 Å². The van der Waals surface area contributed by atoms with Gasteiger partial charge in [0.25, 0.3) is 0 Å². The van der Waals surface area contributed by atoms with Crippen LogP contribution in [-0.2, 0) is 0 Å². The van der Waals surface area contributed by atoms with Crippen molar-refractivity contribution in [2.24, 2.45) is 10.8 Å². The first-order valence-corrected chi connectivity index (χ1v) is 8.73. The third-order valence-corrected chi connectivity index (χ3v) is 5.02. The highest BCUT2D eigenvalue weighted by atomic mass is 16.5. The molecule has 1 aliphatic heterocycles. The normalized spacial score (nSPS) is 19.5. The van der Waals surface area contributed by atoms with Crippen molar-refractivity contribution in [3.05, 3.63) is 59.7 Å². The number of fused-ring (bicyclic) bond motifs is 1. The standard InChI is InChI=1S/C22H24O4/c1-21(2,19(23)15-9-5-7-11-17(15)25-4)13-22(3)14-26-18-12-8-6-10-16(18)20(22)24/h5-12H,13-14H2,1-4H3. The first-order valence-electron chi connectivity index (χ1n) is 8.73. The van der Waals surface area contributed by atoms with Gasteiger partial charge in [0, 0.05) is 5.41 Å². The first kappa shape index (κ1) is 18.2. The van der Waals surface area contributed by atoms with E-state index in [4.69, 9.17) is 9.47 Å². The zero-order valence-corrected chi connectivity index (χ0v) is 15.7. The van der Waals surface area contributed by atoms with Crippen molar-refractivity contribution in [2.45, 2.75) is 27.2 Å². The third kappa shape index (κ3) is 3.12. The highest BCUT2D eigenvalue weighted by Crippen LogP contribution is 2.43. The van der Waals surface area contributed by atoms with E-state index < -0.39 is 10.8 Å². The fraction of sp³-hybridized carbons (Fsp3) is 0.364. The topological polar surface area (TPSA) is 52.6 Å². The van der Waals surface area contributed by atoms with Crippen molar-refractivity contribution in [3.8, 4) is 11.5 Å². The number of ketones is 2. The summed E-state index contributed by atoms with van der Waals surface area (Å²) >= 11 is 0. The smallest absolute Gasteiger partial charge is 0.175 e. The van der Waals surface area contributed by atoms with E-state index >= 15 is 0 Å². The SMILES string of the molecule is COc1ccccc1C(=O)C(C)(C)CC1(C)COc2ccccc2C1=O. The number of ether oxygens (including phenoxy) is 2. The van der Waals surface area contributed by atoms with Gasteiger partial charge in [0.15, 0.2) is 11.6 Å². The number of hydrogen-bond donors (Lipinski definition) is 0. The molecule has 4 nitrogen and oxygen atoms in total. The Morgan fingerprint density at radius 3 is 2.54 bits per heavy atom. The molecule has 3 rings (SSSR count). The van der Waals surface area contributed by atoms with Crippen LogP contribution in [-0.4, -0.2) is 25.3 Å². The fourth-order valence-electron chi connectivity index (χ4n) is 3.79. The molecule has 0 saturated heterocycles. The van der Waals surface area contributed by atoms with Crippen LogP contribution in [0.5, 0.6) is 11.5 Å². The lowest BCUT2D eigenvalue weighted by molar-refractivity contribution is 0.0475. The number of Topliss-reactive ketones (excluding diaryl/α,β-unsaturated/α-hetero) is 2. The molecule has 0 N–H and O–H groups in total. The Kier molecular flexibility index (Phi) is 4.61. The number of para-hydroxylation sites is 2. The lowest BCUT2D eigenvalue weighted by Crippen LogP contribution is -2.43. The molecular formula is C22H24O4. The van der Waals surface area contributed by atoms with Crippen LogP contribution in [0.2, 0.25) is 0 Å². The molecule has 0 saturated carbocycles. The maximum absolute atomic E-state index is 13.2. The summed E-state index contributed by atoms with van der Waals surface area (Å²) in [5.41, 5.74) is -0.375. The van der Waals surface area contributed by atoms with E-state index in [0.717, 1.165) is 0 Å². The number of hydrogen-bond acceptors (Lipinski definition) is 4. The van der Waals surface area contributed by atoms with Gasteiger partial charge in [-0.3, -0.25) is 9.59 Å². The maximum Gasteiger partial charge on any atom is 0.175 e. The Balaban J connectivity index is 1.89. The first-order chi connectivity index (χ1) is 12.3. The van der Waals surface area contributed by atoms with Crippen molar-refractivity contribution >= 4 is 11.6 Å². The van der Waals surface area contributed by atoms with Gasteiger partial charge in [0.05, 0.1) is 23.7 Å². The van der Waals surface area contributed by atoms with Crippen LogP contribution in [0.3, 0.4) is 0 Å². The highest BCUT2D eigenvalue weighted by molar-refractivity contribution is 6.05. The Morgan fingerprint density at radius 1 is 1.15 bits per heavy atom. The number of carbonyl (C=O) groups excluding carboxylic acids is 2. The van der Waals surface area contributed by atoms with Crippen LogP contribution < -0.4 is 9.47 Å². The molecule has 1 aliphatic rings. The van der Waals surface area contributed by atoms with Crippen LogP contribution in [0.4, 0.5) is 0 Å². The molecule has 0 spiro atoms. The highest BCUT2D eigenvalue weighted by Gasteiger charge is 2.46. The van der Waals surface area contributed by atoms with Gasteiger partial charge < -0.3 is 9.47 Å². The molecule has 1 atom stereocenters. The lowest BCUT2D eigenvalue weighted by atomic mass is 9.67. The van der Waals surface area contributed by atoms with Crippen LogP contribution in [0, 0.1) is 10.8 Å². The zero-order valence-electron chi connectivity index (χ0n) is 15.7. The molecule has 0 amide bonds. The lowest BCUT2D eigenvalue weighted by Gasteiger charge is -2.38. The molecule has 0 radical (unpaired) electrons. The second-order valence-corrected chi connectivity index (χ2v) is 7.76. The average molecular weight is 352 g/mol. The number of carbonyl (C=O) groups is 2. The van der Waals surface area contributed by atoms with Gasteiger partial charge >= 0.3 is 0 Å². The number of rotatable bonds is 5. The zero-order chi connectivity index (χ0) is 18.9. The van der Waals surface area contributed by atoms with Crippen molar-refractivity contribution in [2.75, 3.05) is 13.7 Å². The second-order valence-electron chi connectivity index (χ2n) is 7.76. The molecule has 26 heavy (non-hydrogen) atoms. The van der Waals surface area contributed by atoms with Crippen LogP contribution in [0.15, 0.2) is 48.5 Å². The Labute approximate surface area is 154 Å². The Morgan fingerprint density at radius 2 is 1.81 bits per heavy atom. The van der Waals surface area contributed by atoms with E-state index in [1.54, 1.807) is 31.4 Å². The summed E-state index contributed by atoms with van der Waals surface area (Å²) in [5.74, 6) is 1.15. The summed E-state index contributed by atoms with van der Waals surface area (Å²) in [6.45, 7) is 5.90. The number of methoxy groups -OCH3 is 1. The third-order valence-electron chi connectivity index (χ3n) is 5.02. The largest absolute Gasteiger partial charge is 0.496 e. The molecule has 1 heterocycles. The predicted octanol–water partition coefficient (Wildman–Crippen LogP) is 4.58. The van der Waals surface area contributed by atoms with E-state index in [0.29, 0.717) is 29.0 Å². The van der Waals surface area contributed by atoms with Crippen molar-refractivity contribution in [1.29, 1.82) is 0 Å². The molecule has 0 fully saturated rings. The second kappa shape index (κ2) is 6.60. The average Bonchev–Trinajstić information content (AvgIpc) is 2.64. The quantitative estimate of drug-likeness (QED) is 0.739. The monoisotopic (exact) mass is 352 g/mol. The fourth-order valence-corrected chi connectivity index (χ4v) is 3.79. The maximum atomic E-state index is 13.2. The van der Waals surface area contributed by atoms with Gasteiger partial charge in [0.1, 0.15) is 18.1 Å². The summed E-state index contributed by atoms with van der Waals surface area (Å²) in [4.78, 5) is 26.3. The number of benzene rings is 2. The summed E-state index contributed by atoms with van der Waals surface area (Å²) in [7, 11) is 1.55. The van der Waals surface area contributed by atoms with E-state index in [-0.39, 0.29) is 18.2 Å². The minimum absolute atomic E-state index is 0.0280. The van der Waals surface area contributed by atoms with Crippen LogP contribution in [0.1, 0.15) is 47.9 Å². The van der Waals surface area contributed by atoms with Crippen molar-refractivity contribution in [1.82, 2.24) is 0 Å². The summed E-state index contributed by atoms with van der Waals surface area (Å²) in [6, 6.07) is 14.5. The minimum Gasteiger partial charge on any atom is -0.496 e.